The standard InChI is InChI=1S/C13H28.ClH/c1-4-7-10-13(11-8-5-2)12-9-6-3;/h13H,4-12H2,1-3H3;1H. The second-order valence-electron chi connectivity index (χ2n) is 4.29. The molecule has 0 saturated carbocycles. The lowest BCUT2D eigenvalue weighted by molar-refractivity contribution is 0.382. The molecule has 0 aromatic heterocycles. The van der Waals surface area contributed by atoms with Crippen LogP contribution >= 0.6 is 12.4 Å². The van der Waals surface area contributed by atoms with E-state index in [1.54, 1.807) is 0 Å². The molecule has 0 bridgehead atoms. The summed E-state index contributed by atoms with van der Waals surface area (Å²) >= 11 is 0. The maximum Gasteiger partial charge on any atom is -0.0414 e. The minimum atomic E-state index is 0. The van der Waals surface area contributed by atoms with Crippen molar-refractivity contribution in [1.82, 2.24) is 0 Å². The summed E-state index contributed by atoms with van der Waals surface area (Å²) in [7, 11) is 0. The van der Waals surface area contributed by atoms with E-state index in [-0.39, 0.29) is 12.4 Å². The summed E-state index contributed by atoms with van der Waals surface area (Å²) in [6.45, 7) is 6.91. The van der Waals surface area contributed by atoms with Gasteiger partial charge in [0.15, 0.2) is 0 Å². The maximum absolute atomic E-state index is 2.30. The zero-order chi connectivity index (χ0) is 9.94. The summed E-state index contributed by atoms with van der Waals surface area (Å²) in [5.41, 5.74) is 0. The van der Waals surface area contributed by atoms with Crippen LogP contribution in [0.25, 0.3) is 0 Å². The number of rotatable bonds is 9. The van der Waals surface area contributed by atoms with E-state index in [1.165, 1.54) is 57.8 Å². The van der Waals surface area contributed by atoms with E-state index in [1.807, 2.05) is 0 Å². The summed E-state index contributed by atoms with van der Waals surface area (Å²) in [4.78, 5) is 0. The van der Waals surface area contributed by atoms with E-state index in [9.17, 15) is 0 Å². The molecule has 0 aliphatic rings. The van der Waals surface area contributed by atoms with Gasteiger partial charge in [0.2, 0.25) is 0 Å². The second-order valence-corrected chi connectivity index (χ2v) is 4.29. The van der Waals surface area contributed by atoms with Crippen LogP contribution in [0.1, 0.15) is 78.6 Å². The van der Waals surface area contributed by atoms with Gasteiger partial charge in [0.25, 0.3) is 0 Å². The van der Waals surface area contributed by atoms with Gasteiger partial charge in [-0.2, -0.15) is 0 Å². The first-order chi connectivity index (χ1) is 6.35. The zero-order valence-corrected chi connectivity index (χ0v) is 11.2. The second kappa shape index (κ2) is 13.3. The minimum absolute atomic E-state index is 0. The molecule has 0 saturated heterocycles. The Morgan fingerprint density at radius 2 is 0.929 bits per heavy atom. The molecule has 0 rings (SSSR count). The van der Waals surface area contributed by atoms with E-state index in [4.69, 9.17) is 0 Å². The molecule has 0 fully saturated rings. The van der Waals surface area contributed by atoms with Crippen LogP contribution in [-0.2, 0) is 0 Å². The van der Waals surface area contributed by atoms with Gasteiger partial charge < -0.3 is 0 Å². The smallest absolute Gasteiger partial charge is 0.0414 e. The van der Waals surface area contributed by atoms with Crippen molar-refractivity contribution >= 4 is 12.4 Å². The first-order valence-corrected chi connectivity index (χ1v) is 6.35. The number of hydrogen-bond donors (Lipinski definition) is 0. The van der Waals surface area contributed by atoms with Crippen molar-refractivity contribution < 1.29 is 0 Å². The molecule has 0 atom stereocenters. The molecular weight excluding hydrogens is 192 g/mol. The van der Waals surface area contributed by atoms with E-state index in [0.29, 0.717) is 0 Å². The highest BCUT2D eigenvalue weighted by Gasteiger charge is 2.06. The zero-order valence-electron chi connectivity index (χ0n) is 10.3. The number of hydrogen-bond acceptors (Lipinski definition) is 0. The van der Waals surface area contributed by atoms with Crippen molar-refractivity contribution in [3.8, 4) is 0 Å². The van der Waals surface area contributed by atoms with Crippen LogP contribution in [0.4, 0.5) is 0 Å². The Bertz CT molecular complexity index is 72.2. The third-order valence-corrected chi connectivity index (χ3v) is 2.90. The molecule has 1 heteroatoms. The van der Waals surface area contributed by atoms with Gasteiger partial charge in [-0.25, -0.2) is 0 Å². The Morgan fingerprint density at radius 3 is 1.14 bits per heavy atom. The molecule has 88 valence electrons. The Kier molecular flexibility index (Phi) is 15.9. The average molecular weight is 221 g/mol. The lowest BCUT2D eigenvalue weighted by Crippen LogP contribution is -2.00. The Labute approximate surface area is 97.3 Å². The van der Waals surface area contributed by atoms with Crippen molar-refractivity contribution in [2.24, 2.45) is 5.92 Å². The molecule has 0 amide bonds. The van der Waals surface area contributed by atoms with E-state index >= 15 is 0 Å². The predicted molar refractivity (Wildman–Crippen MR) is 69.3 cm³/mol. The highest BCUT2D eigenvalue weighted by Crippen LogP contribution is 2.21. The molecule has 0 radical (unpaired) electrons. The highest BCUT2D eigenvalue weighted by atomic mass is 35.5. The number of halogens is 1. The molecule has 0 aromatic carbocycles. The van der Waals surface area contributed by atoms with E-state index < -0.39 is 0 Å². The van der Waals surface area contributed by atoms with Gasteiger partial charge in [0, 0.05) is 0 Å². The summed E-state index contributed by atoms with van der Waals surface area (Å²) < 4.78 is 0. The van der Waals surface area contributed by atoms with Gasteiger partial charge in [-0.05, 0) is 5.92 Å². The van der Waals surface area contributed by atoms with Gasteiger partial charge in [-0.15, -0.1) is 12.4 Å². The molecule has 0 nitrogen and oxygen atoms in total. The summed E-state index contributed by atoms with van der Waals surface area (Å²) in [5, 5.41) is 0. The molecule has 0 heterocycles. The Morgan fingerprint density at radius 1 is 0.643 bits per heavy atom. The van der Waals surface area contributed by atoms with Crippen LogP contribution in [0.15, 0.2) is 0 Å². The highest BCUT2D eigenvalue weighted by molar-refractivity contribution is 5.85. The normalized spacial score (nSPS) is 10.3. The summed E-state index contributed by atoms with van der Waals surface area (Å²) in [6, 6.07) is 0. The topological polar surface area (TPSA) is 0 Å². The van der Waals surface area contributed by atoms with E-state index in [2.05, 4.69) is 20.8 Å². The first kappa shape index (κ1) is 16.7. The fraction of sp³-hybridized carbons (Fsp3) is 1.00. The summed E-state index contributed by atoms with van der Waals surface area (Å²) in [6.07, 6.45) is 12.9. The Hall–Kier alpha value is 0.290. The van der Waals surface area contributed by atoms with Gasteiger partial charge in [-0.1, -0.05) is 78.6 Å². The van der Waals surface area contributed by atoms with E-state index in [0.717, 1.165) is 5.92 Å². The van der Waals surface area contributed by atoms with Crippen LogP contribution in [0.2, 0.25) is 0 Å². The van der Waals surface area contributed by atoms with Gasteiger partial charge >= 0.3 is 0 Å². The lowest BCUT2D eigenvalue weighted by Gasteiger charge is -2.15. The van der Waals surface area contributed by atoms with Crippen molar-refractivity contribution in [3.05, 3.63) is 0 Å². The summed E-state index contributed by atoms with van der Waals surface area (Å²) in [5.74, 6) is 1.04. The van der Waals surface area contributed by atoms with Crippen LogP contribution in [0, 0.1) is 5.92 Å². The molecule has 0 aromatic rings. The molecule has 0 spiro atoms. The van der Waals surface area contributed by atoms with Gasteiger partial charge in [-0.3, -0.25) is 0 Å². The average Bonchev–Trinajstić information content (AvgIpc) is 2.17. The largest absolute Gasteiger partial charge is 0.147 e. The van der Waals surface area contributed by atoms with Crippen molar-refractivity contribution in [1.29, 1.82) is 0 Å². The SMILES string of the molecule is CCCCC(CCCC)CCCC.Cl. The third kappa shape index (κ3) is 10.4. The van der Waals surface area contributed by atoms with Crippen molar-refractivity contribution in [3.63, 3.8) is 0 Å². The third-order valence-electron chi connectivity index (χ3n) is 2.90. The van der Waals surface area contributed by atoms with Crippen molar-refractivity contribution in [2.75, 3.05) is 0 Å². The quantitative estimate of drug-likeness (QED) is 0.475. The van der Waals surface area contributed by atoms with Crippen LogP contribution in [0.5, 0.6) is 0 Å². The maximum atomic E-state index is 2.30. The van der Waals surface area contributed by atoms with Gasteiger partial charge in [0.1, 0.15) is 0 Å². The van der Waals surface area contributed by atoms with Crippen LogP contribution in [-0.4, -0.2) is 0 Å². The molecule has 0 aliphatic carbocycles. The molecule has 14 heavy (non-hydrogen) atoms. The monoisotopic (exact) mass is 220 g/mol. The molecule has 0 unspecified atom stereocenters. The molecular formula is C13H29Cl. The number of unbranched alkanes of at least 4 members (excludes halogenated alkanes) is 3. The van der Waals surface area contributed by atoms with Crippen LogP contribution < -0.4 is 0 Å². The van der Waals surface area contributed by atoms with Gasteiger partial charge in [0.05, 0.1) is 0 Å². The Balaban J connectivity index is 0. The molecule has 0 N–H and O–H groups in total. The van der Waals surface area contributed by atoms with Crippen molar-refractivity contribution in [2.45, 2.75) is 78.6 Å². The predicted octanol–water partition coefficient (Wildman–Crippen LogP) is 5.60. The lowest BCUT2D eigenvalue weighted by atomic mass is 9.91. The fourth-order valence-corrected chi connectivity index (χ4v) is 1.91. The fourth-order valence-electron chi connectivity index (χ4n) is 1.91. The van der Waals surface area contributed by atoms with Crippen LogP contribution in [0.3, 0.4) is 0 Å². The first-order valence-electron chi connectivity index (χ1n) is 6.35. The molecule has 0 aliphatic heterocycles. The minimum Gasteiger partial charge on any atom is -0.147 e.